The molecule has 1 aromatic carbocycles. The number of nitrogens with zero attached hydrogens (tertiary/aromatic N) is 1. The lowest BCUT2D eigenvalue weighted by molar-refractivity contribution is -0.853. The van der Waals surface area contributed by atoms with Gasteiger partial charge < -0.3 is 14.6 Å². The molecule has 0 atom stereocenters. The summed E-state index contributed by atoms with van der Waals surface area (Å²) in [6, 6.07) is 7.56. The quantitative estimate of drug-likeness (QED) is 0.526. The fourth-order valence-electron chi connectivity index (χ4n) is 1.17. The Balaban J connectivity index is 2.70. The van der Waals surface area contributed by atoms with E-state index < -0.39 is 0 Å². The van der Waals surface area contributed by atoms with Crippen LogP contribution in [0.25, 0.3) is 0 Å². The molecule has 1 rings (SSSR count). The first-order chi connectivity index (χ1) is 6.01. The van der Waals surface area contributed by atoms with Gasteiger partial charge in [0.1, 0.15) is 12.3 Å². The molecule has 13 heavy (non-hydrogen) atoms. The number of rotatable bonds is 3. The molecule has 1 aromatic rings. The maximum Gasteiger partial charge on any atom is 0.118 e. The van der Waals surface area contributed by atoms with E-state index in [0.717, 1.165) is 11.3 Å². The van der Waals surface area contributed by atoms with E-state index in [1.54, 1.807) is 21.2 Å². The second-order valence-electron chi connectivity index (χ2n) is 3.58. The Labute approximate surface area is 78.7 Å². The van der Waals surface area contributed by atoms with Crippen LogP contribution in [0.4, 0.5) is 0 Å². The lowest BCUT2D eigenvalue weighted by atomic mass is 10.2. The maximum absolute atomic E-state index is 11.3. The minimum Gasteiger partial charge on any atom is -0.633 e. The standard InChI is InChI=1S/C10H15NO2/c1-11(2,12)8-9-4-6-10(13-3)7-5-9/h4-7H,8H2,1-3H3. The summed E-state index contributed by atoms with van der Waals surface area (Å²) >= 11 is 0. The average molecular weight is 181 g/mol. The molecule has 0 saturated carbocycles. The van der Waals surface area contributed by atoms with Crippen LogP contribution in [0.2, 0.25) is 0 Å². The third-order valence-electron chi connectivity index (χ3n) is 1.72. The third-order valence-corrected chi connectivity index (χ3v) is 1.72. The van der Waals surface area contributed by atoms with Gasteiger partial charge in [-0.15, -0.1) is 0 Å². The van der Waals surface area contributed by atoms with Gasteiger partial charge in [0, 0.05) is 5.56 Å². The predicted octanol–water partition coefficient (Wildman–Crippen LogP) is 1.77. The monoisotopic (exact) mass is 181 g/mol. The van der Waals surface area contributed by atoms with Gasteiger partial charge in [-0.1, -0.05) is 0 Å². The van der Waals surface area contributed by atoms with Crippen LogP contribution in [0.15, 0.2) is 24.3 Å². The molecule has 3 heteroatoms. The number of ether oxygens (including phenoxy) is 1. The lowest BCUT2D eigenvalue weighted by Gasteiger charge is -2.33. The van der Waals surface area contributed by atoms with Gasteiger partial charge in [0.2, 0.25) is 0 Å². The van der Waals surface area contributed by atoms with Crippen LogP contribution < -0.4 is 4.74 Å². The largest absolute Gasteiger partial charge is 0.633 e. The molecule has 0 amide bonds. The zero-order valence-corrected chi connectivity index (χ0v) is 8.28. The summed E-state index contributed by atoms with van der Waals surface area (Å²) in [5.41, 5.74) is 1.03. The van der Waals surface area contributed by atoms with Crippen molar-refractivity contribution in [2.75, 3.05) is 21.2 Å². The van der Waals surface area contributed by atoms with Gasteiger partial charge in [-0.05, 0) is 24.3 Å². The maximum atomic E-state index is 11.3. The average Bonchev–Trinajstić information content (AvgIpc) is 2.03. The Morgan fingerprint density at radius 3 is 2.15 bits per heavy atom. The van der Waals surface area contributed by atoms with E-state index in [-0.39, 0.29) is 4.65 Å². The summed E-state index contributed by atoms with van der Waals surface area (Å²) in [5, 5.41) is 11.3. The van der Waals surface area contributed by atoms with Crippen LogP contribution >= 0.6 is 0 Å². The molecule has 0 aromatic heterocycles. The van der Waals surface area contributed by atoms with Crippen molar-refractivity contribution in [3.63, 3.8) is 0 Å². The van der Waals surface area contributed by atoms with E-state index >= 15 is 0 Å². The van der Waals surface area contributed by atoms with Crippen molar-refractivity contribution in [2.45, 2.75) is 6.54 Å². The Kier molecular flexibility index (Phi) is 2.90. The number of hydroxylamine groups is 3. The van der Waals surface area contributed by atoms with Gasteiger partial charge in [0.05, 0.1) is 21.2 Å². The number of hydrogen-bond acceptors (Lipinski definition) is 2. The summed E-state index contributed by atoms with van der Waals surface area (Å²) < 4.78 is 4.72. The first-order valence-corrected chi connectivity index (χ1v) is 4.18. The summed E-state index contributed by atoms with van der Waals surface area (Å²) in [7, 11) is 4.89. The van der Waals surface area contributed by atoms with Gasteiger partial charge in [0.25, 0.3) is 0 Å². The van der Waals surface area contributed by atoms with E-state index in [1.165, 1.54) is 0 Å². The van der Waals surface area contributed by atoms with Crippen LogP contribution in [0.5, 0.6) is 5.75 Å². The Hall–Kier alpha value is -1.06. The highest BCUT2D eigenvalue weighted by Crippen LogP contribution is 2.13. The first-order valence-electron chi connectivity index (χ1n) is 4.18. The van der Waals surface area contributed by atoms with Crippen LogP contribution in [0, 0.1) is 5.21 Å². The fraction of sp³-hybridized carbons (Fsp3) is 0.400. The van der Waals surface area contributed by atoms with Crippen molar-refractivity contribution >= 4 is 0 Å². The molecule has 0 spiro atoms. The smallest absolute Gasteiger partial charge is 0.118 e. The van der Waals surface area contributed by atoms with Crippen molar-refractivity contribution < 1.29 is 9.38 Å². The molecule has 0 unspecified atom stereocenters. The van der Waals surface area contributed by atoms with E-state index in [2.05, 4.69) is 0 Å². The molecule has 0 aliphatic heterocycles. The number of benzene rings is 1. The van der Waals surface area contributed by atoms with Crippen LogP contribution in [0.3, 0.4) is 0 Å². The van der Waals surface area contributed by atoms with E-state index in [4.69, 9.17) is 4.74 Å². The second kappa shape index (κ2) is 3.77. The van der Waals surface area contributed by atoms with Crippen LogP contribution in [-0.2, 0) is 6.54 Å². The van der Waals surface area contributed by atoms with Gasteiger partial charge in [0.15, 0.2) is 0 Å². The van der Waals surface area contributed by atoms with Gasteiger partial charge in [-0.3, -0.25) is 0 Å². The van der Waals surface area contributed by atoms with Crippen LogP contribution in [0.1, 0.15) is 5.56 Å². The first kappa shape index (κ1) is 10.0. The van der Waals surface area contributed by atoms with Crippen molar-refractivity contribution in [1.82, 2.24) is 0 Å². The molecular weight excluding hydrogens is 166 g/mol. The zero-order chi connectivity index (χ0) is 9.90. The van der Waals surface area contributed by atoms with E-state index in [0.29, 0.717) is 6.54 Å². The number of hydrogen-bond donors (Lipinski definition) is 0. The van der Waals surface area contributed by atoms with Crippen LogP contribution in [-0.4, -0.2) is 25.9 Å². The Bertz CT molecular complexity index is 261. The fourth-order valence-corrected chi connectivity index (χ4v) is 1.17. The summed E-state index contributed by atoms with van der Waals surface area (Å²) in [5.74, 6) is 0.819. The highest BCUT2D eigenvalue weighted by molar-refractivity contribution is 5.26. The minimum atomic E-state index is -0.299. The molecular formula is C10H15NO2. The summed E-state index contributed by atoms with van der Waals surface area (Å²) in [6.45, 7) is 0.490. The highest BCUT2D eigenvalue weighted by Gasteiger charge is 2.03. The second-order valence-corrected chi connectivity index (χ2v) is 3.58. The molecule has 0 heterocycles. The topological polar surface area (TPSA) is 32.3 Å². The molecule has 0 N–H and O–H groups in total. The Morgan fingerprint density at radius 2 is 1.77 bits per heavy atom. The molecule has 0 saturated heterocycles. The molecule has 72 valence electrons. The molecule has 0 radical (unpaired) electrons. The van der Waals surface area contributed by atoms with Gasteiger partial charge in [-0.25, -0.2) is 0 Å². The van der Waals surface area contributed by atoms with Crippen molar-refractivity contribution in [1.29, 1.82) is 0 Å². The SMILES string of the molecule is COc1ccc(C[N+](C)(C)[O-])cc1. The normalized spacial score (nSPS) is 11.4. The number of methoxy groups -OCH3 is 1. The van der Waals surface area contributed by atoms with E-state index in [1.807, 2.05) is 24.3 Å². The van der Waals surface area contributed by atoms with Crippen molar-refractivity contribution in [2.24, 2.45) is 0 Å². The molecule has 0 bridgehead atoms. The summed E-state index contributed by atoms with van der Waals surface area (Å²) in [6.07, 6.45) is 0. The number of quaternary nitrogens is 1. The predicted molar refractivity (Wildman–Crippen MR) is 52.2 cm³/mol. The van der Waals surface area contributed by atoms with Crippen molar-refractivity contribution in [3.8, 4) is 5.75 Å². The van der Waals surface area contributed by atoms with Gasteiger partial charge in [-0.2, -0.15) is 0 Å². The van der Waals surface area contributed by atoms with E-state index in [9.17, 15) is 5.21 Å². The zero-order valence-electron chi connectivity index (χ0n) is 8.28. The van der Waals surface area contributed by atoms with Gasteiger partial charge >= 0.3 is 0 Å². The van der Waals surface area contributed by atoms with Crippen molar-refractivity contribution in [3.05, 3.63) is 35.0 Å². The third kappa shape index (κ3) is 3.44. The minimum absolute atomic E-state index is 0.299. The molecule has 0 aliphatic rings. The Morgan fingerprint density at radius 1 is 1.23 bits per heavy atom. The molecule has 0 fully saturated rings. The highest BCUT2D eigenvalue weighted by atomic mass is 16.5. The summed E-state index contributed by atoms with van der Waals surface area (Å²) in [4.78, 5) is 0. The molecule has 0 aliphatic carbocycles. The molecule has 3 nitrogen and oxygen atoms in total. The lowest BCUT2D eigenvalue weighted by Crippen LogP contribution is -2.30.